The Hall–Kier alpha value is -1.15. The molecule has 4 rings (SSSR count). The highest BCUT2D eigenvalue weighted by Gasteiger charge is 2.36. The van der Waals surface area contributed by atoms with Crippen molar-refractivity contribution >= 4 is 28.3 Å². The van der Waals surface area contributed by atoms with E-state index in [1.807, 2.05) is 24.0 Å². The van der Waals surface area contributed by atoms with E-state index in [1.54, 1.807) is 12.1 Å². The fraction of sp³-hybridized carbons (Fsp3) is 0.650. The third-order valence-electron chi connectivity index (χ3n) is 6.30. The molecule has 2 atom stereocenters. The number of nitrogens with zero attached hydrogens (tertiary/aromatic N) is 2. The Balaban J connectivity index is 0.00000225. The van der Waals surface area contributed by atoms with Gasteiger partial charge in [-0.3, -0.25) is 4.79 Å². The van der Waals surface area contributed by atoms with Crippen LogP contribution in [0, 0.1) is 12.8 Å². The van der Waals surface area contributed by atoms with Gasteiger partial charge in [0.1, 0.15) is 0 Å². The van der Waals surface area contributed by atoms with Crippen molar-refractivity contribution in [3.8, 4) is 0 Å². The lowest BCUT2D eigenvalue weighted by atomic mass is 9.95. The molecule has 3 aliphatic heterocycles. The molecule has 6 nitrogen and oxygen atoms in total. The molecule has 1 N–H and O–H groups in total. The number of carbonyl (C=O) groups is 1. The quantitative estimate of drug-likeness (QED) is 0.802. The first-order valence-corrected chi connectivity index (χ1v) is 11.5. The minimum atomic E-state index is -3.47. The number of fused-ring (bicyclic) bond motifs is 2. The van der Waals surface area contributed by atoms with Crippen LogP contribution in [0.5, 0.6) is 0 Å². The van der Waals surface area contributed by atoms with E-state index in [1.165, 1.54) is 10.7 Å². The molecule has 2 unspecified atom stereocenters. The van der Waals surface area contributed by atoms with Crippen LogP contribution in [-0.4, -0.2) is 61.8 Å². The number of nitrogens with one attached hydrogen (secondary N) is 1. The normalized spacial score (nSPS) is 26.5. The predicted molar refractivity (Wildman–Crippen MR) is 111 cm³/mol. The minimum absolute atomic E-state index is 0. The number of aryl methyl sites for hydroxylation is 1. The van der Waals surface area contributed by atoms with E-state index in [2.05, 4.69) is 5.32 Å². The molecular formula is C20H30ClN3O3S. The Morgan fingerprint density at radius 2 is 1.61 bits per heavy atom. The summed E-state index contributed by atoms with van der Waals surface area (Å²) in [5.41, 5.74) is 1.04. The van der Waals surface area contributed by atoms with Gasteiger partial charge in [-0.2, -0.15) is 4.31 Å². The molecule has 1 amide bonds. The number of halogens is 1. The van der Waals surface area contributed by atoms with E-state index in [0.29, 0.717) is 42.9 Å². The van der Waals surface area contributed by atoms with Gasteiger partial charge in [-0.15, -0.1) is 12.4 Å². The third kappa shape index (κ3) is 4.37. The lowest BCUT2D eigenvalue weighted by Gasteiger charge is -2.34. The number of rotatable bonds is 3. The van der Waals surface area contributed by atoms with Crippen LogP contribution in [0.15, 0.2) is 29.2 Å². The zero-order valence-corrected chi connectivity index (χ0v) is 18.0. The lowest BCUT2D eigenvalue weighted by Crippen LogP contribution is -2.46. The van der Waals surface area contributed by atoms with Gasteiger partial charge in [0, 0.05) is 44.2 Å². The van der Waals surface area contributed by atoms with Gasteiger partial charge in [0.25, 0.3) is 0 Å². The highest BCUT2D eigenvalue weighted by molar-refractivity contribution is 7.89. The van der Waals surface area contributed by atoms with E-state index in [9.17, 15) is 13.2 Å². The Labute approximate surface area is 174 Å². The lowest BCUT2D eigenvalue weighted by molar-refractivity contribution is -0.137. The first-order chi connectivity index (χ1) is 12.9. The molecule has 0 aromatic heterocycles. The second-order valence-electron chi connectivity index (χ2n) is 8.20. The van der Waals surface area contributed by atoms with Crippen LogP contribution in [-0.2, 0) is 14.8 Å². The standard InChI is InChI=1S/C20H29N3O3S.ClH/c1-15-2-6-19(7-3-15)27(25,26)23-12-8-16(9-13-23)20(24)22-11-10-17-4-5-18(14-22)21-17;/h2-3,6-7,16-18,21H,4-5,8-14H2,1H3;1H. The highest BCUT2D eigenvalue weighted by atomic mass is 35.5. The summed E-state index contributed by atoms with van der Waals surface area (Å²) in [6, 6.07) is 7.98. The Bertz CT molecular complexity index is 791. The van der Waals surface area contributed by atoms with Gasteiger partial charge >= 0.3 is 0 Å². The first kappa shape index (κ1) is 21.6. The predicted octanol–water partition coefficient (Wildman–Crippen LogP) is 2.17. The van der Waals surface area contributed by atoms with Crippen molar-refractivity contribution in [2.24, 2.45) is 5.92 Å². The summed E-state index contributed by atoms with van der Waals surface area (Å²) in [5.74, 6) is 0.169. The van der Waals surface area contributed by atoms with Gasteiger partial charge in [-0.25, -0.2) is 8.42 Å². The maximum absolute atomic E-state index is 13.0. The van der Waals surface area contributed by atoms with Crippen molar-refractivity contribution in [1.82, 2.24) is 14.5 Å². The number of hydrogen-bond acceptors (Lipinski definition) is 4. The first-order valence-electron chi connectivity index (χ1n) is 10.0. The summed E-state index contributed by atoms with van der Waals surface area (Å²) in [5, 5.41) is 3.61. The highest BCUT2D eigenvalue weighted by Crippen LogP contribution is 2.27. The van der Waals surface area contributed by atoms with Gasteiger partial charge < -0.3 is 10.2 Å². The summed E-state index contributed by atoms with van der Waals surface area (Å²) < 4.78 is 27.2. The Morgan fingerprint density at radius 3 is 2.29 bits per heavy atom. The van der Waals surface area contributed by atoms with Crippen LogP contribution in [0.4, 0.5) is 0 Å². The topological polar surface area (TPSA) is 69.7 Å². The molecule has 28 heavy (non-hydrogen) atoms. The van der Waals surface area contributed by atoms with E-state index < -0.39 is 10.0 Å². The minimum Gasteiger partial charge on any atom is -0.341 e. The van der Waals surface area contributed by atoms with E-state index >= 15 is 0 Å². The van der Waals surface area contributed by atoms with Crippen molar-refractivity contribution in [1.29, 1.82) is 0 Å². The average molecular weight is 428 g/mol. The number of likely N-dealkylation sites (tertiary alicyclic amines) is 1. The van der Waals surface area contributed by atoms with Gasteiger partial charge in [0.05, 0.1) is 4.90 Å². The maximum Gasteiger partial charge on any atom is 0.243 e. The Morgan fingerprint density at radius 1 is 0.964 bits per heavy atom. The molecule has 0 saturated carbocycles. The second-order valence-corrected chi connectivity index (χ2v) is 10.1. The molecule has 0 spiro atoms. The molecule has 0 aliphatic carbocycles. The van der Waals surface area contributed by atoms with Crippen molar-refractivity contribution in [3.63, 3.8) is 0 Å². The zero-order chi connectivity index (χ0) is 19.0. The summed E-state index contributed by atoms with van der Waals surface area (Å²) in [6.45, 7) is 4.42. The fourth-order valence-electron chi connectivity index (χ4n) is 4.60. The molecule has 2 bridgehead atoms. The van der Waals surface area contributed by atoms with Gasteiger partial charge in [-0.1, -0.05) is 17.7 Å². The zero-order valence-electron chi connectivity index (χ0n) is 16.3. The third-order valence-corrected chi connectivity index (χ3v) is 8.21. The van der Waals surface area contributed by atoms with Crippen molar-refractivity contribution in [2.45, 2.75) is 56.0 Å². The molecule has 3 fully saturated rings. The molecule has 1 aromatic carbocycles. The molecule has 0 radical (unpaired) electrons. The summed E-state index contributed by atoms with van der Waals surface area (Å²) >= 11 is 0. The second kappa shape index (κ2) is 8.69. The number of carbonyl (C=O) groups excluding carboxylic acids is 1. The van der Waals surface area contributed by atoms with Crippen molar-refractivity contribution in [2.75, 3.05) is 26.2 Å². The van der Waals surface area contributed by atoms with Gasteiger partial charge in [-0.05, 0) is 51.2 Å². The molecule has 3 saturated heterocycles. The number of hydrogen-bond donors (Lipinski definition) is 1. The SMILES string of the molecule is Cc1ccc(S(=O)(=O)N2CCC(C(=O)N3CCC4CCC(C3)N4)CC2)cc1.Cl. The fourth-order valence-corrected chi connectivity index (χ4v) is 6.07. The van der Waals surface area contributed by atoms with Crippen LogP contribution in [0.2, 0.25) is 0 Å². The summed E-state index contributed by atoms with van der Waals surface area (Å²) in [7, 11) is -3.47. The van der Waals surface area contributed by atoms with Crippen molar-refractivity contribution in [3.05, 3.63) is 29.8 Å². The van der Waals surface area contributed by atoms with Gasteiger partial charge in [0.2, 0.25) is 15.9 Å². The smallest absolute Gasteiger partial charge is 0.243 e. The Kier molecular flexibility index (Phi) is 6.69. The van der Waals surface area contributed by atoms with Crippen LogP contribution >= 0.6 is 12.4 Å². The molecule has 8 heteroatoms. The number of sulfonamides is 1. The van der Waals surface area contributed by atoms with Crippen LogP contribution < -0.4 is 5.32 Å². The summed E-state index contributed by atoms with van der Waals surface area (Å²) in [6.07, 6.45) is 4.64. The molecule has 156 valence electrons. The van der Waals surface area contributed by atoms with Crippen LogP contribution in [0.3, 0.4) is 0 Å². The summed E-state index contributed by atoms with van der Waals surface area (Å²) in [4.78, 5) is 15.3. The molecule has 3 heterocycles. The molecule has 3 aliphatic rings. The van der Waals surface area contributed by atoms with E-state index in [-0.39, 0.29) is 24.2 Å². The molecule has 1 aromatic rings. The van der Waals surface area contributed by atoms with Crippen LogP contribution in [0.1, 0.15) is 37.7 Å². The van der Waals surface area contributed by atoms with Gasteiger partial charge in [0.15, 0.2) is 0 Å². The number of amides is 1. The van der Waals surface area contributed by atoms with Crippen molar-refractivity contribution < 1.29 is 13.2 Å². The monoisotopic (exact) mass is 427 g/mol. The number of benzene rings is 1. The average Bonchev–Trinajstić information content (AvgIpc) is 3.00. The molecular weight excluding hydrogens is 398 g/mol. The van der Waals surface area contributed by atoms with E-state index in [4.69, 9.17) is 0 Å². The number of piperidine rings is 1. The van der Waals surface area contributed by atoms with E-state index in [0.717, 1.165) is 31.5 Å². The maximum atomic E-state index is 13.0. The van der Waals surface area contributed by atoms with Crippen LogP contribution in [0.25, 0.3) is 0 Å². The largest absolute Gasteiger partial charge is 0.341 e.